The number of anilines is 1. The summed E-state index contributed by atoms with van der Waals surface area (Å²) in [4.78, 5) is 25.7. The molecular formula is C31H41N5O. The molecule has 0 radical (unpaired) electrons. The number of aryl methyl sites for hydroxylation is 1. The lowest BCUT2D eigenvalue weighted by molar-refractivity contribution is -0.138. The van der Waals surface area contributed by atoms with Gasteiger partial charge < -0.3 is 14.4 Å². The maximum Gasteiger partial charge on any atom is 0.225 e. The molecule has 2 saturated heterocycles. The highest BCUT2D eigenvalue weighted by molar-refractivity contribution is 5.80. The van der Waals surface area contributed by atoms with Gasteiger partial charge in [0.05, 0.1) is 17.6 Å². The quantitative estimate of drug-likeness (QED) is 0.491. The van der Waals surface area contributed by atoms with E-state index in [4.69, 9.17) is 4.98 Å². The fourth-order valence-electron chi connectivity index (χ4n) is 6.67. The van der Waals surface area contributed by atoms with Crippen LogP contribution >= 0.6 is 0 Å². The second-order valence-electron chi connectivity index (χ2n) is 11.4. The summed E-state index contributed by atoms with van der Waals surface area (Å²) >= 11 is 0. The average Bonchev–Trinajstić information content (AvgIpc) is 3.33. The summed E-state index contributed by atoms with van der Waals surface area (Å²) in [6.45, 7) is 8.62. The largest absolute Gasteiger partial charge is 0.342 e. The van der Waals surface area contributed by atoms with Crippen molar-refractivity contribution in [2.45, 2.75) is 64.5 Å². The highest BCUT2D eigenvalue weighted by Crippen LogP contribution is 2.29. The van der Waals surface area contributed by atoms with Crippen LogP contribution in [0.3, 0.4) is 0 Å². The van der Waals surface area contributed by atoms with Crippen LogP contribution < -0.4 is 4.90 Å². The van der Waals surface area contributed by atoms with Gasteiger partial charge in [0.2, 0.25) is 11.9 Å². The van der Waals surface area contributed by atoms with Crippen LogP contribution in [0, 0.1) is 12.8 Å². The molecule has 2 aliphatic heterocycles. The van der Waals surface area contributed by atoms with Crippen LogP contribution in [-0.4, -0.2) is 70.6 Å². The number of nitrogens with zero attached hydrogens (tertiary/aromatic N) is 5. The Labute approximate surface area is 221 Å². The van der Waals surface area contributed by atoms with E-state index in [2.05, 4.69) is 74.7 Å². The van der Waals surface area contributed by atoms with Crippen molar-refractivity contribution >= 4 is 22.9 Å². The van der Waals surface area contributed by atoms with E-state index in [1.165, 1.54) is 48.7 Å². The van der Waals surface area contributed by atoms with Crippen LogP contribution in [0.25, 0.3) is 11.0 Å². The minimum Gasteiger partial charge on any atom is -0.342 e. The van der Waals surface area contributed by atoms with Crippen molar-refractivity contribution in [1.29, 1.82) is 0 Å². The molecule has 3 fully saturated rings. The molecular weight excluding hydrogens is 458 g/mol. The number of imidazole rings is 1. The van der Waals surface area contributed by atoms with Crippen molar-refractivity contribution in [3.8, 4) is 0 Å². The third kappa shape index (κ3) is 5.26. The number of carbonyl (C=O) groups is 1. The topological polar surface area (TPSA) is 44.6 Å². The van der Waals surface area contributed by atoms with E-state index in [1.54, 1.807) is 0 Å². The van der Waals surface area contributed by atoms with E-state index in [0.29, 0.717) is 5.91 Å². The molecule has 0 atom stereocenters. The van der Waals surface area contributed by atoms with Crippen molar-refractivity contribution in [2.75, 3.05) is 44.2 Å². The van der Waals surface area contributed by atoms with Crippen molar-refractivity contribution in [3.05, 3.63) is 59.7 Å². The molecule has 3 aliphatic rings. The number of piperidine rings is 1. The number of rotatable bonds is 5. The smallest absolute Gasteiger partial charge is 0.225 e. The molecule has 1 saturated carbocycles. The first-order valence-corrected chi connectivity index (χ1v) is 14.4. The molecule has 0 bridgehead atoms. The van der Waals surface area contributed by atoms with Gasteiger partial charge in [-0.3, -0.25) is 9.69 Å². The number of carbonyl (C=O) groups excluding carboxylic acids is 1. The normalized spacial score (nSPS) is 20.6. The SMILES string of the molecule is Cc1ccc(Cn2c(N3CCC(C(=O)N4CCN(C5CCCCC5)CC4)CC3)nc3ccccc32)cc1. The van der Waals surface area contributed by atoms with Gasteiger partial charge in [0, 0.05) is 51.2 Å². The van der Waals surface area contributed by atoms with Crippen molar-refractivity contribution in [3.63, 3.8) is 0 Å². The summed E-state index contributed by atoms with van der Waals surface area (Å²) in [5.74, 6) is 1.57. The summed E-state index contributed by atoms with van der Waals surface area (Å²) in [7, 11) is 0. The van der Waals surface area contributed by atoms with Gasteiger partial charge in [-0.15, -0.1) is 0 Å². The molecule has 6 rings (SSSR count). The molecule has 37 heavy (non-hydrogen) atoms. The predicted molar refractivity (Wildman–Crippen MR) is 150 cm³/mol. The number of hydrogen-bond donors (Lipinski definition) is 0. The van der Waals surface area contributed by atoms with Crippen LogP contribution in [0.15, 0.2) is 48.5 Å². The van der Waals surface area contributed by atoms with Gasteiger partial charge in [-0.2, -0.15) is 0 Å². The van der Waals surface area contributed by atoms with Crippen LogP contribution in [0.1, 0.15) is 56.1 Å². The van der Waals surface area contributed by atoms with Gasteiger partial charge >= 0.3 is 0 Å². The van der Waals surface area contributed by atoms with E-state index in [0.717, 1.165) is 76.2 Å². The van der Waals surface area contributed by atoms with E-state index < -0.39 is 0 Å². The lowest BCUT2D eigenvalue weighted by atomic mass is 9.93. The Kier molecular flexibility index (Phi) is 7.18. The third-order valence-corrected chi connectivity index (χ3v) is 8.94. The maximum atomic E-state index is 13.4. The standard InChI is InChI=1S/C31H41N5O/c1-24-11-13-25(14-12-24)23-36-29-10-6-5-9-28(29)32-31(36)35-17-15-26(16-18-35)30(37)34-21-19-33(20-22-34)27-7-3-2-4-8-27/h5-6,9-14,26-27H,2-4,7-8,15-23H2,1H3. The Morgan fingerprint density at radius 2 is 1.54 bits per heavy atom. The third-order valence-electron chi connectivity index (χ3n) is 8.94. The fourth-order valence-corrected chi connectivity index (χ4v) is 6.67. The van der Waals surface area contributed by atoms with Crippen molar-refractivity contribution in [1.82, 2.24) is 19.4 Å². The van der Waals surface area contributed by atoms with Crippen LogP contribution in [0.2, 0.25) is 0 Å². The van der Waals surface area contributed by atoms with Crippen LogP contribution in [0.4, 0.5) is 5.95 Å². The number of fused-ring (bicyclic) bond motifs is 1. The minimum atomic E-state index is 0.146. The molecule has 2 aromatic carbocycles. The van der Waals surface area contributed by atoms with E-state index in [1.807, 2.05) is 0 Å². The Morgan fingerprint density at radius 1 is 0.838 bits per heavy atom. The lowest BCUT2D eigenvalue weighted by Crippen LogP contribution is -2.54. The zero-order chi connectivity index (χ0) is 25.2. The van der Waals surface area contributed by atoms with Crippen LogP contribution in [0.5, 0.6) is 0 Å². The first-order chi connectivity index (χ1) is 18.2. The van der Waals surface area contributed by atoms with E-state index in [-0.39, 0.29) is 5.92 Å². The van der Waals surface area contributed by atoms with Crippen LogP contribution in [-0.2, 0) is 11.3 Å². The molecule has 1 aliphatic carbocycles. The predicted octanol–water partition coefficient (Wildman–Crippen LogP) is 5.09. The summed E-state index contributed by atoms with van der Waals surface area (Å²) in [5.41, 5.74) is 4.78. The Hall–Kier alpha value is -2.86. The number of amides is 1. The molecule has 1 aromatic heterocycles. The average molecular weight is 500 g/mol. The lowest BCUT2D eigenvalue weighted by Gasteiger charge is -2.42. The summed E-state index contributed by atoms with van der Waals surface area (Å²) in [6, 6.07) is 18.0. The number of benzene rings is 2. The Bertz CT molecular complexity index is 1200. The molecule has 196 valence electrons. The van der Waals surface area contributed by atoms with Gasteiger partial charge in [-0.1, -0.05) is 61.2 Å². The first kappa shape index (κ1) is 24.5. The molecule has 3 aromatic rings. The fraction of sp³-hybridized carbons (Fsp3) is 0.548. The van der Waals surface area contributed by atoms with E-state index in [9.17, 15) is 4.79 Å². The highest BCUT2D eigenvalue weighted by Gasteiger charge is 2.33. The molecule has 6 nitrogen and oxygen atoms in total. The van der Waals surface area contributed by atoms with Gasteiger partial charge in [0.1, 0.15) is 0 Å². The zero-order valence-electron chi connectivity index (χ0n) is 22.3. The first-order valence-electron chi connectivity index (χ1n) is 14.4. The van der Waals surface area contributed by atoms with Gasteiger partial charge in [-0.05, 0) is 50.3 Å². The van der Waals surface area contributed by atoms with E-state index >= 15 is 0 Å². The number of para-hydroxylation sites is 2. The molecule has 6 heteroatoms. The second-order valence-corrected chi connectivity index (χ2v) is 11.4. The number of piperazine rings is 1. The molecule has 3 heterocycles. The summed E-state index contributed by atoms with van der Waals surface area (Å²) < 4.78 is 2.35. The summed E-state index contributed by atoms with van der Waals surface area (Å²) in [5, 5.41) is 0. The van der Waals surface area contributed by atoms with Gasteiger partial charge in [-0.25, -0.2) is 4.98 Å². The summed E-state index contributed by atoms with van der Waals surface area (Å²) in [6.07, 6.45) is 8.67. The monoisotopic (exact) mass is 499 g/mol. The van der Waals surface area contributed by atoms with Crippen molar-refractivity contribution in [2.24, 2.45) is 5.92 Å². The maximum absolute atomic E-state index is 13.4. The molecule has 1 amide bonds. The molecule has 0 spiro atoms. The number of hydrogen-bond acceptors (Lipinski definition) is 4. The molecule has 0 unspecified atom stereocenters. The van der Waals surface area contributed by atoms with Gasteiger partial charge in [0.15, 0.2) is 0 Å². The molecule has 0 N–H and O–H groups in total. The zero-order valence-corrected chi connectivity index (χ0v) is 22.3. The Balaban J connectivity index is 1.10. The highest BCUT2D eigenvalue weighted by atomic mass is 16.2. The number of aromatic nitrogens is 2. The minimum absolute atomic E-state index is 0.146. The second kappa shape index (κ2) is 10.9. The van der Waals surface area contributed by atoms with Gasteiger partial charge in [0.25, 0.3) is 0 Å². The Morgan fingerprint density at radius 3 is 2.27 bits per heavy atom. The van der Waals surface area contributed by atoms with Crippen molar-refractivity contribution < 1.29 is 4.79 Å².